The fourth-order valence-electron chi connectivity index (χ4n) is 6.01. The molecule has 10 nitrogen and oxygen atoms in total. The van der Waals surface area contributed by atoms with Crippen LogP contribution in [0.5, 0.6) is 46.0 Å². The zero-order chi connectivity index (χ0) is 32.5. The van der Waals surface area contributed by atoms with Crippen LogP contribution in [0.4, 0.5) is 0 Å². The minimum Gasteiger partial charge on any atom is -0.497 e. The molecule has 0 spiro atoms. The van der Waals surface area contributed by atoms with Crippen LogP contribution < -0.4 is 37.9 Å². The van der Waals surface area contributed by atoms with Crippen molar-refractivity contribution in [1.82, 2.24) is 0 Å². The van der Waals surface area contributed by atoms with Gasteiger partial charge in [-0.1, -0.05) is 18.2 Å². The predicted molar refractivity (Wildman–Crippen MR) is 169 cm³/mol. The maximum Gasteiger partial charge on any atom is 0.174 e. The topological polar surface area (TPSA) is 108 Å². The first kappa shape index (κ1) is 30.6. The summed E-state index contributed by atoms with van der Waals surface area (Å²) in [6.07, 6.45) is -1.01. The van der Waals surface area contributed by atoms with Crippen LogP contribution in [0.1, 0.15) is 56.9 Å². The minimum atomic E-state index is -0.629. The summed E-state index contributed by atoms with van der Waals surface area (Å²) in [6.45, 7) is 0. The maximum atomic E-state index is 13.7. The molecule has 2 heterocycles. The molecule has 0 fully saturated rings. The van der Waals surface area contributed by atoms with E-state index >= 15 is 0 Å². The van der Waals surface area contributed by atoms with E-state index in [4.69, 9.17) is 37.9 Å². The normalized spacial score (nSPS) is 16.7. The van der Waals surface area contributed by atoms with Crippen LogP contribution in [0.3, 0.4) is 0 Å². The molecule has 6 rings (SSSR count). The van der Waals surface area contributed by atoms with Crippen molar-refractivity contribution >= 4 is 11.6 Å². The molecule has 46 heavy (non-hydrogen) atoms. The Morgan fingerprint density at radius 3 is 1.72 bits per heavy atom. The molecule has 10 heteroatoms. The Kier molecular flexibility index (Phi) is 8.36. The van der Waals surface area contributed by atoms with Gasteiger partial charge in [0.15, 0.2) is 11.6 Å². The Morgan fingerprint density at radius 2 is 1.09 bits per heavy atom. The molecule has 0 saturated carbocycles. The van der Waals surface area contributed by atoms with E-state index in [9.17, 15) is 9.59 Å². The van der Waals surface area contributed by atoms with Crippen molar-refractivity contribution in [2.24, 2.45) is 0 Å². The van der Waals surface area contributed by atoms with Gasteiger partial charge in [0.25, 0.3) is 0 Å². The highest BCUT2D eigenvalue weighted by molar-refractivity contribution is 6.06. The van der Waals surface area contributed by atoms with Crippen LogP contribution in [0.15, 0.2) is 60.7 Å². The van der Waals surface area contributed by atoms with Crippen molar-refractivity contribution in [3.05, 3.63) is 82.9 Å². The van der Waals surface area contributed by atoms with E-state index in [1.165, 1.54) is 28.4 Å². The summed E-state index contributed by atoms with van der Waals surface area (Å²) in [6, 6.07) is 17.9. The van der Waals surface area contributed by atoms with Crippen molar-refractivity contribution in [1.29, 1.82) is 0 Å². The van der Waals surface area contributed by atoms with Crippen molar-refractivity contribution in [2.75, 3.05) is 42.7 Å². The summed E-state index contributed by atoms with van der Waals surface area (Å²) in [5.41, 5.74) is 3.30. The molecule has 2 unspecified atom stereocenters. The number of carbonyl (C=O) groups excluding carboxylic acids is 2. The van der Waals surface area contributed by atoms with Crippen LogP contribution in [0, 0.1) is 0 Å². The predicted octanol–water partition coefficient (Wildman–Crippen LogP) is 6.82. The van der Waals surface area contributed by atoms with Crippen molar-refractivity contribution in [2.45, 2.75) is 25.0 Å². The summed E-state index contributed by atoms with van der Waals surface area (Å²) < 4.78 is 46.5. The number of carbonyl (C=O) groups is 2. The summed E-state index contributed by atoms with van der Waals surface area (Å²) >= 11 is 0. The molecule has 4 aromatic rings. The van der Waals surface area contributed by atoms with Crippen LogP contribution >= 0.6 is 0 Å². The molecule has 0 aromatic heterocycles. The largest absolute Gasteiger partial charge is 0.497 e. The average molecular weight is 627 g/mol. The van der Waals surface area contributed by atoms with Gasteiger partial charge in [0.05, 0.1) is 61.1 Å². The van der Waals surface area contributed by atoms with Crippen LogP contribution in [0.2, 0.25) is 0 Å². The molecule has 0 N–H and O–H groups in total. The maximum absolute atomic E-state index is 13.7. The van der Waals surface area contributed by atoms with Crippen molar-refractivity contribution < 1.29 is 47.5 Å². The lowest BCUT2D eigenvalue weighted by atomic mass is 9.89. The highest BCUT2D eigenvalue weighted by Gasteiger charge is 2.37. The number of benzene rings is 4. The number of rotatable bonds is 9. The summed E-state index contributed by atoms with van der Waals surface area (Å²) in [5, 5.41) is 0. The third-order valence-corrected chi connectivity index (χ3v) is 8.32. The Balaban J connectivity index is 1.48. The van der Waals surface area contributed by atoms with E-state index in [1.54, 1.807) is 38.5 Å². The monoisotopic (exact) mass is 626 g/mol. The third-order valence-electron chi connectivity index (χ3n) is 8.32. The van der Waals surface area contributed by atoms with Gasteiger partial charge in [-0.2, -0.15) is 0 Å². The molecular formula is C36H34O10. The number of methoxy groups -OCH3 is 6. The van der Waals surface area contributed by atoms with Crippen molar-refractivity contribution in [3.63, 3.8) is 0 Å². The van der Waals surface area contributed by atoms with E-state index in [0.717, 1.165) is 5.56 Å². The number of hydrogen-bond acceptors (Lipinski definition) is 10. The van der Waals surface area contributed by atoms with E-state index in [-0.39, 0.29) is 24.4 Å². The van der Waals surface area contributed by atoms with Gasteiger partial charge in [-0.15, -0.1) is 0 Å². The molecule has 0 aliphatic carbocycles. The molecule has 2 atom stereocenters. The first-order valence-electron chi connectivity index (χ1n) is 14.6. The number of ether oxygens (including phenoxy) is 8. The molecule has 0 amide bonds. The van der Waals surface area contributed by atoms with Crippen molar-refractivity contribution in [3.8, 4) is 57.1 Å². The standard InChI is InChI=1S/C36H34O10/c1-39-21-10-7-19(8-11-21)27-17-25(38)35-31(44-6)18-30(43-5)33(36(35)46-27)23-13-20(9-12-26(23)41-3)28-16-24(37)34-29(42-4)14-22(40-2)15-32(34)45-28/h7-15,18,27-28H,16-17H2,1-6H3. The second-order valence-corrected chi connectivity index (χ2v) is 10.8. The van der Waals surface area contributed by atoms with E-state index < -0.39 is 12.2 Å². The fourth-order valence-corrected chi connectivity index (χ4v) is 6.01. The number of Topliss-reactive ketones (excluding diaryl/α,β-unsaturated/α-hetero) is 2. The van der Waals surface area contributed by atoms with Gasteiger partial charge >= 0.3 is 0 Å². The smallest absolute Gasteiger partial charge is 0.174 e. The van der Waals surface area contributed by atoms with Crippen LogP contribution in [-0.4, -0.2) is 54.2 Å². The lowest BCUT2D eigenvalue weighted by Crippen LogP contribution is -2.22. The van der Waals surface area contributed by atoms with Gasteiger partial charge in [-0.3, -0.25) is 9.59 Å². The molecule has 4 aromatic carbocycles. The van der Waals surface area contributed by atoms with Gasteiger partial charge in [0.1, 0.15) is 69.3 Å². The van der Waals surface area contributed by atoms with Gasteiger partial charge in [0.2, 0.25) is 0 Å². The fraction of sp³-hybridized carbons (Fsp3) is 0.278. The first-order valence-corrected chi connectivity index (χ1v) is 14.6. The lowest BCUT2D eigenvalue weighted by molar-refractivity contribution is 0.0834. The van der Waals surface area contributed by atoms with Gasteiger partial charge in [-0.25, -0.2) is 0 Å². The van der Waals surface area contributed by atoms with E-state index in [0.29, 0.717) is 73.8 Å². The second kappa shape index (κ2) is 12.5. The molecule has 2 aliphatic heterocycles. The van der Waals surface area contributed by atoms with Crippen LogP contribution in [0.25, 0.3) is 11.1 Å². The average Bonchev–Trinajstić information content (AvgIpc) is 3.09. The van der Waals surface area contributed by atoms with Gasteiger partial charge < -0.3 is 37.9 Å². The molecule has 2 aliphatic rings. The zero-order valence-corrected chi connectivity index (χ0v) is 26.4. The van der Waals surface area contributed by atoms with Gasteiger partial charge in [0, 0.05) is 23.8 Å². The zero-order valence-electron chi connectivity index (χ0n) is 26.4. The highest BCUT2D eigenvalue weighted by atomic mass is 16.5. The summed E-state index contributed by atoms with van der Waals surface area (Å²) in [5.74, 6) is 3.24. The molecule has 238 valence electrons. The number of hydrogen-bond donors (Lipinski definition) is 0. The Morgan fingerprint density at radius 1 is 0.522 bits per heavy atom. The molecule has 0 radical (unpaired) electrons. The number of ketones is 2. The Hall–Kier alpha value is -5.38. The van der Waals surface area contributed by atoms with E-state index in [1.807, 2.05) is 36.4 Å². The van der Waals surface area contributed by atoms with Gasteiger partial charge in [-0.05, 0) is 35.4 Å². The molecule has 0 bridgehead atoms. The SMILES string of the molecule is COc1ccc(C2CC(=O)c3c(OC)cc(OC)c(-c4cc(C5CC(=O)c6c(OC)cc(OC)cc6O5)ccc4OC)c3O2)cc1. The highest BCUT2D eigenvalue weighted by Crippen LogP contribution is 2.53. The Labute approximate surface area is 266 Å². The summed E-state index contributed by atoms with van der Waals surface area (Å²) in [4.78, 5) is 27.2. The third kappa shape index (κ3) is 5.29. The Bertz CT molecular complexity index is 1810. The number of fused-ring (bicyclic) bond motifs is 2. The molecule has 0 saturated heterocycles. The second-order valence-electron chi connectivity index (χ2n) is 10.8. The van der Waals surface area contributed by atoms with Crippen LogP contribution in [-0.2, 0) is 0 Å². The summed E-state index contributed by atoms with van der Waals surface area (Å²) in [7, 11) is 9.22. The van der Waals surface area contributed by atoms with E-state index in [2.05, 4.69) is 0 Å². The molecular weight excluding hydrogens is 592 g/mol. The quantitative estimate of drug-likeness (QED) is 0.196. The first-order chi connectivity index (χ1) is 22.3. The lowest BCUT2D eigenvalue weighted by Gasteiger charge is -2.30. The minimum absolute atomic E-state index is 0.0772.